The molecule has 0 radical (unpaired) electrons. The van der Waals surface area contributed by atoms with E-state index in [4.69, 9.17) is 4.98 Å². The van der Waals surface area contributed by atoms with Crippen molar-refractivity contribution in [3.05, 3.63) is 141 Å². The average Bonchev–Trinajstić information content (AvgIpc) is 3.11. The predicted molar refractivity (Wildman–Crippen MR) is 210 cm³/mol. The molecule has 3 heteroatoms. The Bertz CT molecular complexity index is 1810. The number of hydrogen-bond donors (Lipinski definition) is 0. The molecule has 1 fully saturated rings. The number of nitrogens with zero attached hydrogens (tertiary/aromatic N) is 3. The molecule has 0 amide bonds. The number of benzene rings is 4. The Morgan fingerprint density at radius 1 is 0.633 bits per heavy atom. The van der Waals surface area contributed by atoms with Gasteiger partial charge in [0.05, 0.1) is 5.69 Å². The molecule has 254 valence electrons. The van der Waals surface area contributed by atoms with Crippen LogP contribution in [0.2, 0.25) is 0 Å². The van der Waals surface area contributed by atoms with Crippen LogP contribution in [0.25, 0.3) is 22.4 Å². The van der Waals surface area contributed by atoms with Crippen molar-refractivity contribution in [1.82, 2.24) is 9.88 Å². The molecule has 0 saturated carbocycles. The molecule has 0 atom stereocenters. The second kappa shape index (κ2) is 15.6. The molecule has 4 aromatic carbocycles. The van der Waals surface area contributed by atoms with Gasteiger partial charge in [-0.05, 0) is 165 Å². The molecule has 1 saturated heterocycles. The third-order valence-corrected chi connectivity index (χ3v) is 11.1. The molecule has 3 nitrogen and oxygen atoms in total. The second-order valence-corrected chi connectivity index (χ2v) is 14.6. The number of likely N-dealkylation sites (tertiary alicyclic amines) is 1. The topological polar surface area (TPSA) is 19.4 Å². The third kappa shape index (κ3) is 8.33. The molecule has 5 aromatic rings. The lowest BCUT2D eigenvalue weighted by Crippen LogP contribution is -2.44. The van der Waals surface area contributed by atoms with Gasteiger partial charge in [-0.15, -0.1) is 0 Å². The van der Waals surface area contributed by atoms with Crippen LogP contribution in [0.15, 0.2) is 91.1 Å². The number of piperidine rings is 1. The van der Waals surface area contributed by atoms with E-state index in [1.165, 1.54) is 85.3 Å². The third-order valence-electron chi connectivity index (χ3n) is 11.1. The molecule has 49 heavy (non-hydrogen) atoms. The summed E-state index contributed by atoms with van der Waals surface area (Å²) in [5.41, 5.74) is 18.5. The number of hydrogen-bond acceptors (Lipinski definition) is 3. The SMILES string of the molecule is CCCCc1ccc(N(Cc2ccc(-c3cc(C)c(C)c(C)c3)cc2)C2CCN(Cc3ccnc(-c4cc(C)c(C)c(C)c4)c3)CC2)cc1. The van der Waals surface area contributed by atoms with Gasteiger partial charge in [-0.2, -0.15) is 0 Å². The first-order valence-corrected chi connectivity index (χ1v) is 18.5. The molecule has 0 unspecified atom stereocenters. The number of aromatic nitrogens is 1. The maximum absolute atomic E-state index is 4.75. The molecular weight excluding hydrogens is 595 g/mol. The van der Waals surface area contributed by atoms with Crippen molar-refractivity contribution >= 4 is 5.69 Å². The molecular formula is C46H55N3. The van der Waals surface area contributed by atoms with Crippen molar-refractivity contribution in [3.8, 4) is 22.4 Å². The van der Waals surface area contributed by atoms with Gasteiger partial charge in [0.15, 0.2) is 0 Å². The first-order valence-electron chi connectivity index (χ1n) is 18.5. The van der Waals surface area contributed by atoms with Crippen LogP contribution < -0.4 is 4.90 Å². The standard InChI is InChI=1S/C46H55N3/c1-8-9-10-38-13-17-44(18-14-38)49(31-39-11-15-41(16-12-39)42-25-32(2)36(6)33(3)26-42)45-20-23-48(24-21-45)30-40-19-22-47-46(29-40)43-27-34(4)37(7)35(5)28-43/h11-19,22,25-29,45H,8-10,20-21,23-24,30-31H2,1-7H3. The van der Waals surface area contributed by atoms with E-state index in [0.29, 0.717) is 6.04 Å². The van der Waals surface area contributed by atoms with Crippen LogP contribution in [0.3, 0.4) is 0 Å². The van der Waals surface area contributed by atoms with Gasteiger partial charge < -0.3 is 4.90 Å². The van der Waals surface area contributed by atoms with Crippen LogP contribution in [0, 0.1) is 41.5 Å². The number of aryl methyl sites for hydroxylation is 5. The zero-order chi connectivity index (χ0) is 34.5. The lowest BCUT2D eigenvalue weighted by Gasteiger charge is -2.40. The van der Waals surface area contributed by atoms with E-state index in [0.717, 1.165) is 51.1 Å². The van der Waals surface area contributed by atoms with E-state index < -0.39 is 0 Å². The van der Waals surface area contributed by atoms with Gasteiger partial charge in [-0.25, -0.2) is 0 Å². The van der Waals surface area contributed by atoms with Crippen LogP contribution in [-0.2, 0) is 19.5 Å². The highest BCUT2D eigenvalue weighted by Gasteiger charge is 2.25. The Labute approximate surface area is 296 Å². The summed E-state index contributed by atoms with van der Waals surface area (Å²) in [7, 11) is 0. The van der Waals surface area contributed by atoms with E-state index in [1.807, 2.05) is 6.20 Å². The zero-order valence-corrected chi connectivity index (χ0v) is 30.9. The summed E-state index contributed by atoms with van der Waals surface area (Å²) in [5, 5.41) is 0. The van der Waals surface area contributed by atoms with Crippen LogP contribution in [-0.4, -0.2) is 29.0 Å². The van der Waals surface area contributed by atoms with Crippen molar-refractivity contribution in [2.45, 2.75) is 99.7 Å². The van der Waals surface area contributed by atoms with Crippen LogP contribution in [0.1, 0.15) is 82.7 Å². The Hall–Kier alpha value is -4.21. The first-order chi connectivity index (χ1) is 23.7. The van der Waals surface area contributed by atoms with E-state index in [1.54, 1.807) is 0 Å². The lowest BCUT2D eigenvalue weighted by molar-refractivity contribution is 0.201. The average molecular weight is 650 g/mol. The minimum absolute atomic E-state index is 0.506. The molecule has 1 aromatic heterocycles. The summed E-state index contributed by atoms with van der Waals surface area (Å²) in [4.78, 5) is 10.1. The van der Waals surface area contributed by atoms with Gasteiger partial charge in [0.25, 0.3) is 0 Å². The summed E-state index contributed by atoms with van der Waals surface area (Å²) in [6, 6.07) is 33.0. The second-order valence-electron chi connectivity index (χ2n) is 14.6. The van der Waals surface area contributed by atoms with Crippen molar-refractivity contribution in [3.63, 3.8) is 0 Å². The number of pyridine rings is 1. The Morgan fingerprint density at radius 3 is 1.80 bits per heavy atom. The highest BCUT2D eigenvalue weighted by atomic mass is 15.2. The Balaban J connectivity index is 1.16. The smallest absolute Gasteiger partial charge is 0.0705 e. The molecule has 1 aliphatic rings. The molecule has 0 N–H and O–H groups in total. The summed E-state index contributed by atoms with van der Waals surface area (Å²) in [6.45, 7) is 19.6. The zero-order valence-electron chi connectivity index (χ0n) is 30.9. The summed E-state index contributed by atoms with van der Waals surface area (Å²) >= 11 is 0. The van der Waals surface area contributed by atoms with E-state index in [9.17, 15) is 0 Å². The van der Waals surface area contributed by atoms with Crippen LogP contribution in [0.5, 0.6) is 0 Å². The highest BCUT2D eigenvalue weighted by molar-refractivity contribution is 5.67. The fourth-order valence-electron chi connectivity index (χ4n) is 7.43. The molecule has 2 heterocycles. The minimum atomic E-state index is 0.506. The molecule has 6 rings (SSSR count). The summed E-state index contributed by atoms with van der Waals surface area (Å²) in [5.74, 6) is 0. The molecule has 0 aliphatic carbocycles. The predicted octanol–water partition coefficient (Wildman–Crippen LogP) is 11.3. The Kier molecular flexibility index (Phi) is 11.0. The summed E-state index contributed by atoms with van der Waals surface area (Å²) < 4.78 is 0. The van der Waals surface area contributed by atoms with E-state index in [-0.39, 0.29) is 0 Å². The van der Waals surface area contributed by atoms with E-state index in [2.05, 4.69) is 143 Å². The first kappa shape index (κ1) is 34.6. The largest absolute Gasteiger partial charge is 0.364 e. The molecule has 0 spiro atoms. The van der Waals surface area contributed by atoms with Gasteiger partial charge in [0, 0.05) is 49.7 Å². The van der Waals surface area contributed by atoms with Gasteiger partial charge in [0.2, 0.25) is 0 Å². The molecule has 1 aliphatic heterocycles. The maximum Gasteiger partial charge on any atom is 0.0705 e. The van der Waals surface area contributed by atoms with Crippen molar-refractivity contribution in [2.24, 2.45) is 0 Å². The quantitative estimate of drug-likeness (QED) is 0.142. The van der Waals surface area contributed by atoms with Crippen molar-refractivity contribution in [1.29, 1.82) is 0 Å². The van der Waals surface area contributed by atoms with Gasteiger partial charge in [-0.3, -0.25) is 9.88 Å². The van der Waals surface area contributed by atoms with Gasteiger partial charge in [-0.1, -0.05) is 61.9 Å². The highest BCUT2D eigenvalue weighted by Crippen LogP contribution is 2.30. The normalized spacial score (nSPS) is 13.9. The van der Waals surface area contributed by atoms with Crippen molar-refractivity contribution < 1.29 is 0 Å². The number of unbranched alkanes of at least 4 members (excludes halogenated alkanes) is 1. The van der Waals surface area contributed by atoms with E-state index >= 15 is 0 Å². The lowest BCUT2D eigenvalue weighted by atomic mass is 9.95. The van der Waals surface area contributed by atoms with Gasteiger partial charge in [0.1, 0.15) is 0 Å². The van der Waals surface area contributed by atoms with Crippen LogP contribution >= 0.6 is 0 Å². The molecule has 0 bridgehead atoms. The number of rotatable bonds is 11. The Morgan fingerprint density at radius 2 is 1.20 bits per heavy atom. The maximum atomic E-state index is 4.75. The fraction of sp³-hybridized carbons (Fsp3) is 0.370. The fourth-order valence-corrected chi connectivity index (χ4v) is 7.43. The summed E-state index contributed by atoms with van der Waals surface area (Å²) in [6.07, 6.45) is 7.94. The monoisotopic (exact) mass is 649 g/mol. The van der Waals surface area contributed by atoms with Gasteiger partial charge >= 0.3 is 0 Å². The number of anilines is 1. The van der Waals surface area contributed by atoms with Crippen LogP contribution in [0.4, 0.5) is 5.69 Å². The minimum Gasteiger partial charge on any atom is -0.364 e. The van der Waals surface area contributed by atoms with Crippen molar-refractivity contribution in [2.75, 3.05) is 18.0 Å².